The van der Waals surface area contributed by atoms with Gasteiger partial charge in [-0.25, -0.2) is 9.50 Å². The maximum atomic E-state index is 13.3. The number of thioether (sulfide) groups is 1. The van der Waals surface area contributed by atoms with E-state index in [1.807, 2.05) is 49.1 Å². The molecule has 5 rings (SSSR count). The van der Waals surface area contributed by atoms with E-state index in [9.17, 15) is 4.79 Å². The van der Waals surface area contributed by atoms with E-state index >= 15 is 0 Å². The number of piperazine rings is 1. The number of carbonyl (C=O) groups is 1. The summed E-state index contributed by atoms with van der Waals surface area (Å²) in [6.45, 7) is 9.14. The van der Waals surface area contributed by atoms with Crippen LogP contribution in [0.25, 0.3) is 5.78 Å². The van der Waals surface area contributed by atoms with Gasteiger partial charge in [-0.05, 0) is 44.4 Å². The van der Waals surface area contributed by atoms with Crippen LogP contribution in [0, 0.1) is 13.8 Å². The smallest absolute Gasteiger partial charge is 0.254 e. The van der Waals surface area contributed by atoms with Gasteiger partial charge in [-0.2, -0.15) is 4.98 Å². The third-order valence-electron chi connectivity index (χ3n) is 6.35. The number of hydrogen-bond donors (Lipinski definition) is 0. The highest BCUT2D eigenvalue weighted by Gasteiger charge is 2.26. The molecular weight excluding hydrogens is 436 g/mol. The summed E-state index contributed by atoms with van der Waals surface area (Å²) in [5.41, 5.74) is 3.71. The molecule has 2 aliphatic rings. The summed E-state index contributed by atoms with van der Waals surface area (Å²) in [5.74, 6) is 1.36. The lowest BCUT2D eigenvalue weighted by atomic mass is 10.1. The largest absolute Gasteiger partial charge is 0.377 e. The fraction of sp³-hybridized carbons (Fsp3) is 0.500. The molecular formula is C24H30N6O2S. The molecule has 1 atom stereocenters. The molecule has 0 bridgehead atoms. The number of nitrogens with zero attached hydrogens (tertiary/aromatic N) is 6. The van der Waals surface area contributed by atoms with Crippen molar-refractivity contribution in [3.05, 3.63) is 52.8 Å². The third-order valence-corrected chi connectivity index (χ3v) is 7.24. The SMILES string of the molecule is Cc1cc(C)n2nc(SCc3ccccc3C(=O)N3CCN(C[C@@H]4CCCO4)CC3)nc2n1. The zero-order valence-corrected chi connectivity index (χ0v) is 20.1. The highest BCUT2D eigenvalue weighted by Crippen LogP contribution is 2.24. The summed E-state index contributed by atoms with van der Waals surface area (Å²) in [4.78, 5) is 26.8. The average Bonchev–Trinajstić information content (AvgIpc) is 3.48. The number of carbonyl (C=O) groups excluding carboxylic acids is 1. The Kier molecular flexibility index (Phi) is 6.62. The molecule has 3 aromatic rings. The maximum absolute atomic E-state index is 13.3. The second-order valence-corrected chi connectivity index (χ2v) is 9.76. The quantitative estimate of drug-likeness (QED) is 0.517. The van der Waals surface area contributed by atoms with Crippen LogP contribution in [0.2, 0.25) is 0 Å². The number of fused-ring (bicyclic) bond motifs is 1. The Balaban J connectivity index is 1.22. The van der Waals surface area contributed by atoms with Gasteiger partial charge in [0.1, 0.15) is 0 Å². The second kappa shape index (κ2) is 9.79. The molecule has 0 aliphatic carbocycles. The van der Waals surface area contributed by atoms with E-state index in [0.29, 0.717) is 22.8 Å². The minimum atomic E-state index is 0.110. The van der Waals surface area contributed by atoms with E-state index in [1.165, 1.54) is 11.8 Å². The Morgan fingerprint density at radius 2 is 1.97 bits per heavy atom. The highest BCUT2D eigenvalue weighted by atomic mass is 32.2. The Morgan fingerprint density at radius 1 is 1.15 bits per heavy atom. The third kappa shape index (κ3) is 5.05. The summed E-state index contributed by atoms with van der Waals surface area (Å²) < 4.78 is 7.54. The van der Waals surface area contributed by atoms with Gasteiger partial charge in [0.05, 0.1) is 6.10 Å². The molecule has 174 valence electrons. The van der Waals surface area contributed by atoms with Crippen LogP contribution in [-0.2, 0) is 10.5 Å². The van der Waals surface area contributed by atoms with E-state index in [2.05, 4.69) is 20.0 Å². The van der Waals surface area contributed by atoms with Crippen molar-refractivity contribution in [2.45, 2.75) is 43.7 Å². The molecule has 33 heavy (non-hydrogen) atoms. The van der Waals surface area contributed by atoms with Gasteiger partial charge in [-0.15, -0.1) is 5.10 Å². The summed E-state index contributed by atoms with van der Waals surface area (Å²) in [7, 11) is 0. The van der Waals surface area contributed by atoms with E-state index in [4.69, 9.17) is 4.74 Å². The van der Waals surface area contributed by atoms with Gasteiger partial charge in [0.2, 0.25) is 5.16 Å². The minimum Gasteiger partial charge on any atom is -0.377 e. The van der Waals surface area contributed by atoms with Gasteiger partial charge < -0.3 is 9.64 Å². The van der Waals surface area contributed by atoms with Crippen LogP contribution in [-0.4, -0.2) is 80.7 Å². The van der Waals surface area contributed by atoms with Crippen LogP contribution in [0.3, 0.4) is 0 Å². The monoisotopic (exact) mass is 466 g/mol. The number of ether oxygens (including phenoxy) is 1. The molecule has 9 heteroatoms. The van der Waals surface area contributed by atoms with Crippen molar-refractivity contribution in [2.75, 3.05) is 39.3 Å². The van der Waals surface area contributed by atoms with E-state index < -0.39 is 0 Å². The van der Waals surface area contributed by atoms with Crippen LogP contribution in [0.5, 0.6) is 0 Å². The fourth-order valence-electron chi connectivity index (χ4n) is 4.59. The molecule has 8 nitrogen and oxygen atoms in total. The lowest BCUT2D eigenvalue weighted by Crippen LogP contribution is -2.50. The molecule has 0 N–H and O–H groups in total. The zero-order valence-electron chi connectivity index (χ0n) is 19.2. The number of aryl methyl sites for hydroxylation is 2. The number of amides is 1. The van der Waals surface area contributed by atoms with Gasteiger partial charge >= 0.3 is 0 Å². The fourth-order valence-corrected chi connectivity index (χ4v) is 5.41. The average molecular weight is 467 g/mol. The standard InChI is InChI=1S/C24H30N6O2S/c1-17-14-18(2)30-23(25-17)26-24(27-30)33-16-19-6-3-4-8-21(19)22(31)29-11-9-28(10-12-29)15-20-7-5-13-32-20/h3-4,6,8,14,20H,5,7,9-13,15-16H2,1-2H3/t20-/m0/s1. The molecule has 2 saturated heterocycles. The first-order chi connectivity index (χ1) is 16.1. The number of rotatable bonds is 6. The van der Waals surface area contributed by atoms with E-state index in [1.54, 1.807) is 4.52 Å². The number of aromatic nitrogens is 4. The Labute approximate surface area is 198 Å². The predicted octanol–water partition coefficient (Wildman–Crippen LogP) is 2.97. The van der Waals surface area contributed by atoms with Crippen LogP contribution in [0.1, 0.15) is 40.2 Å². The van der Waals surface area contributed by atoms with Crippen molar-refractivity contribution in [1.29, 1.82) is 0 Å². The van der Waals surface area contributed by atoms with Crippen molar-refractivity contribution in [3.8, 4) is 0 Å². The predicted molar refractivity (Wildman–Crippen MR) is 128 cm³/mol. The molecule has 0 spiro atoms. The Morgan fingerprint density at radius 3 is 2.76 bits per heavy atom. The molecule has 1 amide bonds. The zero-order chi connectivity index (χ0) is 22.8. The van der Waals surface area contributed by atoms with Gasteiger partial charge in [-0.3, -0.25) is 9.69 Å². The van der Waals surface area contributed by atoms with Crippen LogP contribution >= 0.6 is 11.8 Å². The molecule has 2 aliphatic heterocycles. The molecule has 1 aromatic carbocycles. The van der Waals surface area contributed by atoms with Crippen molar-refractivity contribution < 1.29 is 9.53 Å². The molecule has 2 fully saturated rings. The normalized spacial score (nSPS) is 19.5. The molecule has 0 radical (unpaired) electrons. The van der Waals surface area contributed by atoms with Crippen LogP contribution < -0.4 is 0 Å². The minimum absolute atomic E-state index is 0.110. The maximum Gasteiger partial charge on any atom is 0.254 e. The lowest BCUT2D eigenvalue weighted by molar-refractivity contribution is 0.0432. The van der Waals surface area contributed by atoms with E-state index in [0.717, 1.165) is 74.7 Å². The van der Waals surface area contributed by atoms with E-state index in [-0.39, 0.29) is 5.91 Å². The Hall–Kier alpha value is -2.49. The van der Waals surface area contributed by atoms with Crippen molar-refractivity contribution in [3.63, 3.8) is 0 Å². The summed E-state index contributed by atoms with van der Waals surface area (Å²) in [6.07, 6.45) is 2.68. The topological polar surface area (TPSA) is 75.9 Å². The van der Waals surface area contributed by atoms with Crippen LogP contribution in [0.15, 0.2) is 35.5 Å². The van der Waals surface area contributed by atoms with Crippen molar-refractivity contribution in [2.24, 2.45) is 0 Å². The van der Waals surface area contributed by atoms with Crippen LogP contribution in [0.4, 0.5) is 0 Å². The van der Waals surface area contributed by atoms with Gasteiger partial charge in [0.15, 0.2) is 0 Å². The molecule has 4 heterocycles. The molecule has 2 aromatic heterocycles. The highest BCUT2D eigenvalue weighted by molar-refractivity contribution is 7.98. The van der Waals surface area contributed by atoms with Crippen molar-refractivity contribution in [1.82, 2.24) is 29.4 Å². The van der Waals surface area contributed by atoms with Gasteiger partial charge in [-0.1, -0.05) is 30.0 Å². The summed E-state index contributed by atoms with van der Waals surface area (Å²) >= 11 is 1.53. The first kappa shape index (κ1) is 22.3. The lowest BCUT2D eigenvalue weighted by Gasteiger charge is -2.36. The van der Waals surface area contributed by atoms with Crippen molar-refractivity contribution >= 4 is 23.4 Å². The molecule has 0 unspecified atom stereocenters. The van der Waals surface area contributed by atoms with Gasteiger partial charge in [0.25, 0.3) is 11.7 Å². The Bertz CT molecular complexity index is 1140. The molecule has 0 saturated carbocycles. The first-order valence-electron chi connectivity index (χ1n) is 11.6. The second-order valence-electron chi connectivity index (χ2n) is 8.82. The summed E-state index contributed by atoms with van der Waals surface area (Å²) in [5, 5.41) is 5.25. The summed E-state index contributed by atoms with van der Waals surface area (Å²) in [6, 6.07) is 9.87. The number of benzene rings is 1. The first-order valence-corrected chi connectivity index (χ1v) is 12.6. The van der Waals surface area contributed by atoms with Gasteiger partial charge in [0, 0.05) is 62.0 Å². The number of hydrogen-bond acceptors (Lipinski definition) is 7.